The summed E-state index contributed by atoms with van der Waals surface area (Å²) in [6, 6.07) is 0.465. The van der Waals surface area contributed by atoms with E-state index < -0.39 is 9.84 Å². The van der Waals surface area contributed by atoms with E-state index in [1.54, 1.807) is 0 Å². The molecule has 1 aliphatic carbocycles. The highest BCUT2D eigenvalue weighted by molar-refractivity contribution is 7.90. The number of fused-ring (bicyclic) bond motifs is 1. The van der Waals surface area contributed by atoms with Gasteiger partial charge in [0.15, 0.2) is 9.84 Å². The molecule has 1 fully saturated rings. The van der Waals surface area contributed by atoms with Gasteiger partial charge in [0.2, 0.25) is 0 Å². The summed E-state index contributed by atoms with van der Waals surface area (Å²) in [6.45, 7) is 0.383. The number of nitrogens with zero attached hydrogens (tertiary/aromatic N) is 2. The fourth-order valence-corrected chi connectivity index (χ4v) is 3.73. The maximum Gasteiger partial charge on any atom is 0.154 e. The lowest BCUT2D eigenvalue weighted by Gasteiger charge is -2.11. The van der Waals surface area contributed by atoms with Gasteiger partial charge in [-0.25, -0.2) is 8.42 Å². The minimum atomic E-state index is -2.93. The van der Waals surface area contributed by atoms with Crippen molar-refractivity contribution in [2.75, 3.05) is 5.75 Å². The van der Waals surface area contributed by atoms with Crippen LogP contribution >= 0.6 is 0 Å². The molecule has 0 spiro atoms. The quantitative estimate of drug-likeness (QED) is 0.799. The Morgan fingerprint density at radius 1 is 1.44 bits per heavy atom. The first kappa shape index (κ1) is 10.3. The molecule has 2 heterocycles. The summed E-state index contributed by atoms with van der Waals surface area (Å²) in [4.78, 5) is 0. The minimum absolute atomic E-state index is 0.127. The number of nitrogens with two attached hydrogens (primary N) is 1. The third-order valence-electron chi connectivity index (χ3n) is 3.30. The van der Waals surface area contributed by atoms with Crippen LogP contribution in [0.5, 0.6) is 0 Å². The van der Waals surface area contributed by atoms with Crippen LogP contribution in [0.2, 0.25) is 0 Å². The predicted molar refractivity (Wildman–Crippen MR) is 59.6 cm³/mol. The van der Waals surface area contributed by atoms with E-state index in [2.05, 4.69) is 5.10 Å². The van der Waals surface area contributed by atoms with Crippen LogP contribution in [0.1, 0.15) is 35.8 Å². The fraction of sp³-hybridized carbons (Fsp3) is 0.700. The van der Waals surface area contributed by atoms with Gasteiger partial charge in [0.05, 0.1) is 28.9 Å². The van der Waals surface area contributed by atoms with Gasteiger partial charge >= 0.3 is 0 Å². The average molecular weight is 241 g/mol. The summed E-state index contributed by atoms with van der Waals surface area (Å²) in [7, 11) is -2.93. The van der Waals surface area contributed by atoms with Gasteiger partial charge in [-0.2, -0.15) is 5.10 Å². The number of rotatable bonds is 2. The van der Waals surface area contributed by atoms with Crippen molar-refractivity contribution >= 4 is 9.84 Å². The van der Waals surface area contributed by atoms with E-state index in [-0.39, 0.29) is 11.5 Å². The van der Waals surface area contributed by atoms with Crippen molar-refractivity contribution in [2.45, 2.75) is 37.6 Å². The Morgan fingerprint density at radius 2 is 2.19 bits per heavy atom. The van der Waals surface area contributed by atoms with Crippen molar-refractivity contribution in [3.05, 3.63) is 17.0 Å². The van der Waals surface area contributed by atoms with E-state index in [9.17, 15) is 8.42 Å². The Kier molecular flexibility index (Phi) is 2.12. The molecule has 0 radical (unpaired) electrons. The van der Waals surface area contributed by atoms with Crippen LogP contribution in [0.25, 0.3) is 0 Å². The molecular weight excluding hydrogens is 226 g/mol. The molecule has 3 rings (SSSR count). The molecule has 1 aromatic heterocycles. The highest BCUT2D eigenvalue weighted by Gasteiger charge is 2.33. The first-order valence-electron chi connectivity index (χ1n) is 5.60. The second kappa shape index (κ2) is 3.30. The van der Waals surface area contributed by atoms with Crippen molar-refractivity contribution in [3.63, 3.8) is 0 Å². The lowest BCUT2D eigenvalue weighted by atomic mass is 10.1. The Balaban J connectivity index is 2.10. The zero-order valence-electron chi connectivity index (χ0n) is 9.02. The summed E-state index contributed by atoms with van der Waals surface area (Å²) in [6.07, 6.45) is 2.82. The van der Waals surface area contributed by atoms with E-state index in [1.165, 1.54) is 0 Å². The number of hydrogen-bond acceptors (Lipinski definition) is 4. The number of hydrogen-bond donors (Lipinski definition) is 1. The fourth-order valence-electron chi connectivity index (χ4n) is 2.31. The first-order valence-corrected chi connectivity index (χ1v) is 7.42. The van der Waals surface area contributed by atoms with E-state index >= 15 is 0 Å². The molecule has 1 saturated carbocycles. The van der Waals surface area contributed by atoms with Gasteiger partial charge in [0.25, 0.3) is 0 Å². The normalized spacial score (nSPS) is 23.1. The Hall–Kier alpha value is -0.880. The van der Waals surface area contributed by atoms with Gasteiger partial charge < -0.3 is 5.73 Å². The van der Waals surface area contributed by atoms with E-state index in [1.807, 2.05) is 4.68 Å². The average Bonchev–Trinajstić information content (AvgIpc) is 2.99. The molecule has 2 N–H and O–H groups in total. The largest absolute Gasteiger partial charge is 0.325 e. The third-order valence-corrected chi connectivity index (χ3v) is 4.86. The molecule has 0 unspecified atom stereocenters. The first-order chi connectivity index (χ1) is 7.61. The van der Waals surface area contributed by atoms with Gasteiger partial charge in [-0.15, -0.1) is 0 Å². The number of aryl methyl sites for hydroxylation is 1. The summed E-state index contributed by atoms with van der Waals surface area (Å²) in [5.74, 6) is 0.354. The topological polar surface area (TPSA) is 78.0 Å². The van der Waals surface area contributed by atoms with Gasteiger partial charge in [-0.3, -0.25) is 4.68 Å². The van der Waals surface area contributed by atoms with Crippen LogP contribution in [-0.4, -0.2) is 24.0 Å². The molecule has 2 aliphatic rings. The summed E-state index contributed by atoms with van der Waals surface area (Å²) < 4.78 is 25.2. The molecule has 5 nitrogen and oxygen atoms in total. The lowest BCUT2D eigenvalue weighted by molar-refractivity contribution is 0.590. The Bertz CT molecular complexity index is 529. The van der Waals surface area contributed by atoms with Crippen molar-refractivity contribution < 1.29 is 8.42 Å². The molecule has 1 aromatic rings. The summed E-state index contributed by atoms with van der Waals surface area (Å²) in [5.41, 5.74) is 8.47. The summed E-state index contributed by atoms with van der Waals surface area (Å²) >= 11 is 0. The molecule has 1 aliphatic heterocycles. The zero-order chi connectivity index (χ0) is 11.3. The molecule has 0 amide bonds. The monoisotopic (exact) mass is 241 g/mol. The van der Waals surface area contributed by atoms with Crippen LogP contribution in [0.4, 0.5) is 0 Å². The molecule has 16 heavy (non-hydrogen) atoms. The molecule has 88 valence electrons. The molecule has 0 saturated heterocycles. The van der Waals surface area contributed by atoms with Crippen LogP contribution in [-0.2, 0) is 28.6 Å². The van der Waals surface area contributed by atoms with Gasteiger partial charge in [-0.1, -0.05) is 0 Å². The SMILES string of the molecule is NCc1c2c(nn1C1CC1)CCS(=O)(=O)C2. The number of sulfone groups is 1. The van der Waals surface area contributed by atoms with Crippen LogP contribution in [0.3, 0.4) is 0 Å². The molecule has 6 heteroatoms. The second-order valence-electron chi connectivity index (χ2n) is 4.59. The molecule has 0 atom stereocenters. The van der Waals surface area contributed by atoms with Gasteiger partial charge in [0, 0.05) is 18.5 Å². The zero-order valence-corrected chi connectivity index (χ0v) is 9.83. The predicted octanol–water partition coefficient (Wildman–Crippen LogP) is 0.148. The van der Waals surface area contributed by atoms with E-state index in [0.29, 0.717) is 19.0 Å². The Labute approximate surface area is 94.5 Å². The molecular formula is C10H15N3O2S. The minimum Gasteiger partial charge on any atom is -0.325 e. The van der Waals surface area contributed by atoms with E-state index in [0.717, 1.165) is 29.8 Å². The summed E-state index contributed by atoms with van der Waals surface area (Å²) in [5, 5.41) is 4.52. The standard InChI is InChI=1S/C10H15N3O2S/c11-5-10-8-6-16(14,15)4-3-9(8)12-13(10)7-1-2-7/h7H,1-6,11H2. The molecule has 0 bridgehead atoms. The van der Waals surface area contributed by atoms with Crippen LogP contribution in [0.15, 0.2) is 0 Å². The maximum absolute atomic E-state index is 11.6. The lowest BCUT2D eigenvalue weighted by Crippen LogP contribution is -2.19. The van der Waals surface area contributed by atoms with Crippen molar-refractivity contribution in [1.29, 1.82) is 0 Å². The van der Waals surface area contributed by atoms with Crippen molar-refractivity contribution in [1.82, 2.24) is 9.78 Å². The van der Waals surface area contributed by atoms with Gasteiger partial charge in [0.1, 0.15) is 0 Å². The van der Waals surface area contributed by atoms with Crippen molar-refractivity contribution in [2.24, 2.45) is 5.73 Å². The molecule has 0 aromatic carbocycles. The smallest absolute Gasteiger partial charge is 0.154 e. The van der Waals surface area contributed by atoms with Crippen molar-refractivity contribution in [3.8, 4) is 0 Å². The van der Waals surface area contributed by atoms with Crippen LogP contribution in [0, 0.1) is 0 Å². The van der Waals surface area contributed by atoms with Gasteiger partial charge in [-0.05, 0) is 12.8 Å². The Morgan fingerprint density at radius 3 is 2.81 bits per heavy atom. The highest BCUT2D eigenvalue weighted by Crippen LogP contribution is 2.37. The third kappa shape index (κ3) is 1.56. The van der Waals surface area contributed by atoms with Crippen LogP contribution < -0.4 is 5.73 Å². The van der Waals surface area contributed by atoms with E-state index in [4.69, 9.17) is 5.73 Å². The second-order valence-corrected chi connectivity index (χ2v) is 6.78. The number of aromatic nitrogens is 2. The maximum atomic E-state index is 11.6. The highest BCUT2D eigenvalue weighted by atomic mass is 32.2.